The quantitative estimate of drug-likeness (QED) is 0.787. The van der Waals surface area contributed by atoms with E-state index in [1.807, 2.05) is 7.05 Å². The van der Waals surface area contributed by atoms with E-state index in [0.717, 1.165) is 13.0 Å². The summed E-state index contributed by atoms with van der Waals surface area (Å²) in [4.78, 5) is 12.0. The lowest BCUT2D eigenvalue weighted by Crippen LogP contribution is -2.31. The van der Waals surface area contributed by atoms with Crippen LogP contribution in [0.5, 0.6) is 0 Å². The van der Waals surface area contributed by atoms with Gasteiger partial charge in [0.1, 0.15) is 5.69 Å². The van der Waals surface area contributed by atoms with Crippen molar-refractivity contribution >= 4 is 5.78 Å². The van der Waals surface area contributed by atoms with Crippen LogP contribution in [0.15, 0.2) is 12.3 Å². The van der Waals surface area contributed by atoms with Gasteiger partial charge in [0.2, 0.25) is 0 Å². The first-order chi connectivity index (χ1) is 7.77. The molecule has 1 aliphatic heterocycles. The van der Waals surface area contributed by atoms with E-state index in [4.69, 9.17) is 0 Å². The summed E-state index contributed by atoms with van der Waals surface area (Å²) in [6, 6.07) is 2.14. The lowest BCUT2D eigenvalue weighted by Gasteiger charge is -2.14. The average molecular weight is 221 g/mol. The fourth-order valence-electron chi connectivity index (χ4n) is 2.25. The normalized spacial score (nSPS) is 21.7. The van der Waals surface area contributed by atoms with Crippen molar-refractivity contribution in [2.24, 2.45) is 7.05 Å². The molecular formula is C12H19N3O. The Kier molecular flexibility index (Phi) is 3.72. The van der Waals surface area contributed by atoms with Crippen LogP contribution in [0, 0.1) is 0 Å². The minimum Gasteiger partial charge on any atom is -0.314 e. The number of carbonyl (C=O) groups is 1. The highest BCUT2D eigenvalue weighted by Gasteiger charge is 2.18. The number of rotatable bonds is 3. The third kappa shape index (κ3) is 2.70. The predicted molar refractivity (Wildman–Crippen MR) is 62.4 cm³/mol. The molecule has 0 amide bonds. The van der Waals surface area contributed by atoms with Gasteiger partial charge in [-0.2, -0.15) is 5.10 Å². The van der Waals surface area contributed by atoms with Crippen LogP contribution in [-0.4, -0.2) is 28.2 Å². The molecule has 4 heteroatoms. The summed E-state index contributed by atoms with van der Waals surface area (Å²) < 4.78 is 1.65. The number of aromatic nitrogens is 2. The van der Waals surface area contributed by atoms with Crippen LogP contribution in [0.4, 0.5) is 0 Å². The fraction of sp³-hybridized carbons (Fsp3) is 0.667. The molecule has 88 valence electrons. The SMILES string of the molecule is Cn1nccc1C(=O)CC1CCCCCN1. The highest BCUT2D eigenvalue weighted by Crippen LogP contribution is 2.13. The smallest absolute Gasteiger partial charge is 0.182 e. The number of Topliss-reactive ketones (excluding diaryl/α,β-unsaturated/α-hetero) is 1. The Labute approximate surface area is 96.0 Å². The van der Waals surface area contributed by atoms with Crippen molar-refractivity contribution in [3.05, 3.63) is 18.0 Å². The largest absolute Gasteiger partial charge is 0.314 e. The molecule has 1 fully saturated rings. The molecule has 16 heavy (non-hydrogen) atoms. The van der Waals surface area contributed by atoms with Gasteiger partial charge in [-0.3, -0.25) is 9.48 Å². The Morgan fingerprint density at radius 1 is 1.56 bits per heavy atom. The summed E-state index contributed by atoms with van der Waals surface area (Å²) in [6.07, 6.45) is 7.13. The molecular weight excluding hydrogens is 202 g/mol. The van der Waals surface area contributed by atoms with Gasteiger partial charge in [0, 0.05) is 25.7 Å². The Morgan fingerprint density at radius 2 is 2.44 bits per heavy atom. The van der Waals surface area contributed by atoms with Gasteiger partial charge in [0.05, 0.1) is 0 Å². The Morgan fingerprint density at radius 3 is 3.19 bits per heavy atom. The zero-order chi connectivity index (χ0) is 11.4. The van der Waals surface area contributed by atoms with Crippen LogP contribution in [0.3, 0.4) is 0 Å². The van der Waals surface area contributed by atoms with Gasteiger partial charge in [0.25, 0.3) is 0 Å². The van der Waals surface area contributed by atoms with E-state index in [9.17, 15) is 4.79 Å². The molecule has 0 aromatic carbocycles. The van der Waals surface area contributed by atoms with Crippen molar-refractivity contribution in [2.75, 3.05) is 6.54 Å². The minimum atomic E-state index is 0.194. The van der Waals surface area contributed by atoms with E-state index in [1.165, 1.54) is 19.3 Å². The molecule has 0 aliphatic carbocycles. The summed E-state index contributed by atoms with van der Waals surface area (Å²) in [5.74, 6) is 0.194. The second-order valence-corrected chi connectivity index (χ2v) is 4.47. The molecule has 1 aromatic rings. The second kappa shape index (κ2) is 5.25. The molecule has 0 spiro atoms. The third-order valence-electron chi connectivity index (χ3n) is 3.20. The molecule has 0 radical (unpaired) electrons. The Hall–Kier alpha value is -1.16. The fourth-order valence-corrected chi connectivity index (χ4v) is 2.25. The molecule has 1 aliphatic rings. The van der Waals surface area contributed by atoms with Crippen molar-refractivity contribution in [1.29, 1.82) is 0 Å². The molecule has 2 heterocycles. The standard InChI is InChI=1S/C12H19N3O/c1-15-11(6-8-14-15)12(16)9-10-5-3-2-4-7-13-10/h6,8,10,13H,2-5,7,9H2,1H3. The maximum absolute atomic E-state index is 12.0. The van der Waals surface area contributed by atoms with Gasteiger partial charge in [0.15, 0.2) is 5.78 Å². The molecule has 1 atom stereocenters. The van der Waals surface area contributed by atoms with Crippen LogP contribution in [0.25, 0.3) is 0 Å². The average Bonchev–Trinajstić information content (AvgIpc) is 2.53. The maximum atomic E-state index is 12.0. The van der Waals surface area contributed by atoms with Gasteiger partial charge in [-0.1, -0.05) is 12.8 Å². The second-order valence-electron chi connectivity index (χ2n) is 4.47. The predicted octanol–water partition coefficient (Wildman–Crippen LogP) is 1.53. The molecule has 1 aromatic heterocycles. The molecule has 0 saturated carbocycles. The zero-order valence-electron chi connectivity index (χ0n) is 9.78. The molecule has 1 saturated heterocycles. The van der Waals surface area contributed by atoms with Crippen LogP contribution in [-0.2, 0) is 7.05 Å². The first kappa shape index (κ1) is 11.3. The van der Waals surface area contributed by atoms with Gasteiger partial charge in [-0.05, 0) is 25.5 Å². The monoisotopic (exact) mass is 221 g/mol. The number of ketones is 1. The van der Waals surface area contributed by atoms with E-state index in [2.05, 4.69) is 10.4 Å². The van der Waals surface area contributed by atoms with Crippen molar-refractivity contribution < 1.29 is 4.79 Å². The minimum absolute atomic E-state index is 0.194. The third-order valence-corrected chi connectivity index (χ3v) is 3.20. The van der Waals surface area contributed by atoms with E-state index in [-0.39, 0.29) is 5.78 Å². The van der Waals surface area contributed by atoms with Gasteiger partial charge in [-0.25, -0.2) is 0 Å². The lowest BCUT2D eigenvalue weighted by molar-refractivity contribution is 0.0959. The summed E-state index contributed by atoms with van der Waals surface area (Å²) >= 11 is 0. The van der Waals surface area contributed by atoms with E-state index in [0.29, 0.717) is 18.2 Å². The van der Waals surface area contributed by atoms with Crippen molar-refractivity contribution in [2.45, 2.75) is 38.1 Å². The van der Waals surface area contributed by atoms with Crippen molar-refractivity contribution in [3.63, 3.8) is 0 Å². The summed E-state index contributed by atoms with van der Waals surface area (Å²) in [7, 11) is 1.81. The first-order valence-electron chi connectivity index (χ1n) is 6.02. The van der Waals surface area contributed by atoms with Crippen molar-refractivity contribution in [3.8, 4) is 0 Å². The number of aryl methyl sites for hydroxylation is 1. The van der Waals surface area contributed by atoms with Crippen LogP contribution in [0.2, 0.25) is 0 Å². The van der Waals surface area contributed by atoms with E-state index >= 15 is 0 Å². The topological polar surface area (TPSA) is 46.9 Å². The molecule has 1 unspecified atom stereocenters. The number of nitrogens with one attached hydrogen (secondary N) is 1. The van der Waals surface area contributed by atoms with Gasteiger partial charge >= 0.3 is 0 Å². The number of hydrogen-bond donors (Lipinski definition) is 1. The lowest BCUT2D eigenvalue weighted by atomic mass is 10.0. The Bertz CT molecular complexity index is 351. The Balaban J connectivity index is 1.93. The van der Waals surface area contributed by atoms with Crippen molar-refractivity contribution in [1.82, 2.24) is 15.1 Å². The summed E-state index contributed by atoms with van der Waals surface area (Å²) in [5, 5.41) is 7.47. The molecule has 4 nitrogen and oxygen atoms in total. The number of hydrogen-bond acceptors (Lipinski definition) is 3. The van der Waals surface area contributed by atoms with Gasteiger partial charge in [-0.15, -0.1) is 0 Å². The first-order valence-corrected chi connectivity index (χ1v) is 6.02. The number of carbonyl (C=O) groups excluding carboxylic acids is 1. The maximum Gasteiger partial charge on any atom is 0.182 e. The van der Waals surface area contributed by atoms with E-state index in [1.54, 1.807) is 16.9 Å². The van der Waals surface area contributed by atoms with Crippen LogP contribution < -0.4 is 5.32 Å². The number of nitrogens with zero attached hydrogens (tertiary/aromatic N) is 2. The highest BCUT2D eigenvalue weighted by molar-refractivity contribution is 5.94. The summed E-state index contributed by atoms with van der Waals surface area (Å²) in [5.41, 5.74) is 0.714. The van der Waals surface area contributed by atoms with Crippen LogP contribution >= 0.6 is 0 Å². The summed E-state index contributed by atoms with van der Waals surface area (Å²) in [6.45, 7) is 1.04. The van der Waals surface area contributed by atoms with Gasteiger partial charge < -0.3 is 5.32 Å². The zero-order valence-corrected chi connectivity index (χ0v) is 9.78. The highest BCUT2D eigenvalue weighted by atomic mass is 16.1. The molecule has 1 N–H and O–H groups in total. The van der Waals surface area contributed by atoms with Crippen LogP contribution in [0.1, 0.15) is 42.6 Å². The van der Waals surface area contributed by atoms with E-state index < -0.39 is 0 Å². The molecule has 0 bridgehead atoms. The molecule has 2 rings (SSSR count).